The predicted molar refractivity (Wildman–Crippen MR) is 79.1 cm³/mol. The monoisotopic (exact) mass is 300 g/mol. The zero-order valence-electron chi connectivity index (χ0n) is 12.2. The molecule has 2 rings (SSSR count). The number of amides is 1. The second kappa shape index (κ2) is 7.69. The van der Waals surface area contributed by atoms with Crippen LogP contribution in [0.3, 0.4) is 0 Å². The normalized spacial score (nSPS) is 9.82. The van der Waals surface area contributed by atoms with E-state index in [9.17, 15) is 4.79 Å². The number of carbonyl (C=O) groups excluding carboxylic acids is 1. The fourth-order valence-corrected chi connectivity index (χ4v) is 1.78. The van der Waals surface area contributed by atoms with Gasteiger partial charge in [0.05, 0.1) is 26.4 Å². The third-order valence-corrected chi connectivity index (χ3v) is 2.77. The van der Waals surface area contributed by atoms with E-state index in [4.69, 9.17) is 11.2 Å². The lowest BCUT2D eigenvalue weighted by atomic mass is 10.2. The number of methoxy groups -OCH3 is 1. The summed E-state index contributed by atoms with van der Waals surface area (Å²) in [4.78, 5) is 11.2. The van der Waals surface area contributed by atoms with Gasteiger partial charge in [-0.05, 0) is 17.7 Å². The van der Waals surface area contributed by atoms with E-state index in [0.29, 0.717) is 12.2 Å². The van der Waals surface area contributed by atoms with Crippen LogP contribution in [0.4, 0.5) is 4.79 Å². The smallest absolute Gasteiger partial charge is 0.408 e. The Hall–Kier alpha value is -3.01. The first kappa shape index (κ1) is 15.4. The van der Waals surface area contributed by atoms with E-state index in [0.717, 1.165) is 11.3 Å². The van der Waals surface area contributed by atoms with Crippen molar-refractivity contribution in [1.29, 1.82) is 0 Å². The molecule has 0 radical (unpaired) electrons. The summed E-state index contributed by atoms with van der Waals surface area (Å²) in [6.07, 6.45) is 6.16. The summed E-state index contributed by atoms with van der Waals surface area (Å²) in [7, 11) is 1.62. The molecule has 1 aromatic carbocycles. The number of aromatic nitrogens is 3. The van der Waals surface area contributed by atoms with E-state index in [-0.39, 0.29) is 13.2 Å². The van der Waals surface area contributed by atoms with Crippen molar-refractivity contribution in [2.24, 2.45) is 0 Å². The van der Waals surface area contributed by atoms with E-state index in [1.165, 1.54) is 0 Å². The largest absolute Gasteiger partial charge is 0.497 e. The Morgan fingerprint density at radius 2 is 2.36 bits per heavy atom. The fourth-order valence-electron chi connectivity index (χ4n) is 1.78. The van der Waals surface area contributed by atoms with Crippen molar-refractivity contribution in [3.8, 4) is 18.1 Å². The first-order valence-electron chi connectivity index (χ1n) is 6.57. The van der Waals surface area contributed by atoms with Crippen LogP contribution in [0.25, 0.3) is 0 Å². The van der Waals surface area contributed by atoms with E-state index >= 15 is 0 Å². The SMILES string of the molecule is C#CCOC(=O)NCc1cn(Cc2cccc(OC)c2)nn1. The molecule has 0 fully saturated rings. The van der Waals surface area contributed by atoms with Gasteiger partial charge in [0, 0.05) is 0 Å². The minimum absolute atomic E-state index is 0.0611. The molecule has 22 heavy (non-hydrogen) atoms. The number of carbonyl (C=O) groups is 1. The number of hydrogen-bond acceptors (Lipinski definition) is 5. The third kappa shape index (κ3) is 4.52. The first-order valence-corrected chi connectivity index (χ1v) is 6.57. The Labute approximate surface area is 128 Å². The molecule has 0 bridgehead atoms. The van der Waals surface area contributed by atoms with Gasteiger partial charge in [-0.2, -0.15) is 0 Å². The molecule has 0 spiro atoms. The summed E-state index contributed by atoms with van der Waals surface area (Å²) >= 11 is 0. The number of ether oxygens (including phenoxy) is 2. The summed E-state index contributed by atoms with van der Waals surface area (Å²) in [5.41, 5.74) is 1.66. The van der Waals surface area contributed by atoms with E-state index in [1.54, 1.807) is 18.0 Å². The molecule has 0 saturated heterocycles. The highest BCUT2D eigenvalue weighted by Crippen LogP contribution is 2.13. The van der Waals surface area contributed by atoms with Crippen molar-refractivity contribution >= 4 is 6.09 Å². The number of nitrogens with zero attached hydrogens (tertiary/aromatic N) is 3. The van der Waals surface area contributed by atoms with Crippen LogP contribution >= 0.6 is 0 Å². The molecule has 2 aromatic rings. The quantitative estimate of drug-likeness (QED) is 0.811. The standard InChI is InChI=1S/C15H16N4O3/c1-3-7-22-15(20)16-9-13-11-19(18-17-13)10-12-5-4-6-14(8-12)21-2/h1,4-6,8,11H,7,9-10H2,2H3,(H,16,20). The zero-order chi connectivity index (χ0) is 15.8. The van der Waals surface area contributed by atoms with Crippen molar-refractivity contribution in [3.05, 3.63) is 41.7 Å². The van der Waals surface area contributed by atoms with Gasteiger partial charge in [0.15, 0.2) is 6.61 Å². The number of terminal acetylenes is 1. The van der Waals surface area contributed by atoms with Crippen molar-refractivity contribution in [3.63, 3.8) is 0 Å². The lowest BCUT2D eigenvalue weighted by Gasteiger charge is -2.04. The maximum absolute atomic E-state index is 11.2. The van der Waals surface area contributed by atoms with Crippen molar-refractivity contribution in [2.75, 3.05) is 13.7 Å². The summed E-state index contributed by atoms with van der Waals surface area (Å²) in [5.74, 6) is 3.00. The molecule has 0 aliphatic carbocycles. The van der Waals surface area contributed by atoms with Crippen LogP contribution in [-0.2, 0) is 17.8 Å². The van der Waals surface area contributed by atoms with Crippen LogP contribution in [-0.4, -0.2) is 34.8 Å². The van der Waals surface area contributed by atoms with Crippen LogP contribution in [0.15, 0.2) is 30.5 Å². The number of alkyl carbamates (subject to hydrolysis) is 1. The van der Waals surface area contributed by atoms with Gasteiger partial charge in [-0.25, -0.2) is 9.48 Å². The Morgan fingerprint density at radius 3 is 3.14 bits per heavy atom. The lowest BCUT2D eigenvalue weighted by Crippen LogP contribution is -2.24. The molecular formula is C15H16N4O3. The van der Waals surface area contributed by atoms with Crippen molar-refractivity contribution < 1.29 is 14.3 Å². The second-order valence-corrected chi connectivity index (χ2v) is 4.39. The number of nitrogens with one attached hydrogen (secondary N) is 1. The summed E-state index contributed by atoms with van der Waals surface area (Å²) in [6, 6.07) is 7.69. The van der Waals surface area contributed by atoms with Crippen molar-refractivity contribution in [1.82, 2.24) is 20.3 Å². The number of rotatable bonds is 6. The van der Waals surface area contributed by atoms with Crippen molar-refractivity contribution in [2.45, 2.75) is 13.1 Å². The fraction of sp³-hybridized carbons (Fsp3) is 0.267. The van der Waals surface area contributed by atoms with Gasteiger partial charge in [0.1, 0.15) is 11.4 Å². The van der Waals surface area contributed by atoms with Gasteiger partial charge < -0.3 is 14.8 Å². The minimum atomic E-state index is -0.583. The molecular weight excluding hydrogens is 284 g/mol. The molecule has 7 nitrogen and oxygen atoms in total. The van der Waals surface area contributed by atoms with E-state index in [2.05, 4.69) is 26.3 Å². The van der Waals surface area contributed by atoms with Gasteiger partial charge >= 0.3 is 6.09 Å². The van der Waals surface area contributed by atoms with Crippen LogP contribution in [0.2, 0.25) is 0 Å². The summed E-state index contributed by atoms with van der Waals surface area (Å²) in [6.45, 7) is 0.724. The molecule has 1 N–H and O–H groups in total. The predicted octanol–water partition coefficient (Wildman–Crippen LogP) is 1.19. The van der Waals surface area contributed by atoms with Gasteiger partial charge in [0.25, 0.3) is 0 Å². The highest BCUT2D eigenvalue weighted by Gasteiger charge is 2.05. The third-order valence-electron chi connectivity index (χ3n) is 2.77. The molecule has 7 heteroatoms. The average Bonchev–Trinajstić information content (AvgIpc) is 2.98. The maximum atomic E-state index is 11.2. The van der Waals surface area contributed by atoms with E-state index < -0.39 is 6.09 Å². The number of benzene rings is 1. The summed E-state index contributed by atoms with van der Waals surface area (Å²) in [5, 5.41) is 10.5. The molecule has 1 heterocycles. The van der Waals surface area contributed by atoms with Crippen LogP contribution < -0.4 is 10.1 Å². The highest BCUT2D eigenvalue weighted by molar-refractivity contribution is 5.67. The number of hydrogen-bond donors (Lipinski definition) is 1. The average molecular weight is 300 g/mol. The van der Waals surface area contributed by atoms with Crippen LogP contribution in [0.1, 0.15) is 11.3 Å². The highest BCUT2D eigenvalue weighted by atomic mass is 16.5. The first-order chi connectivity index (χ1) is 10.7. The Balaban J connectivity index is 1.88. The molecule has 1 amide bonds. The molecule has 0 saturated carbocycles. The molecule has 0 unspecified atom stereocenters. The van der Waals surface area contributed by atoms with Crippen LogP contribution in [0, 0.1) is 12.3 Å². The molecule has 1 aromatic heterocycles. The van der Waals surface area contributed by atoms with Gasteiger partial charge in [-0.1, -0.05) is 23.3 Å². The summed E-state index contributed by atoms with van der Waals surface area (Å²) < 4.78 is 11.5. The van der Waals surface area contributed by atoms with Gasteiger partial charge in [0.2, 0.25) is 0 Å². The molecule has 0 atom stereocenters. The topological polar surface area (TPSA) is 78.3 Å². The Kier molecular flexibility index (Phi) is 5.37. The Morgan fingerprint density at radius 1 is 1.50 bits per heavy atom. The maximum Gasteiger partial charge on any atom is 0.408 e. The van der Waals surface area contributed by atoms with Gasteiger partial charge in [-0.15, -0.1) is 11.5 Å². The Bertz CT molecular complexity index is 675. The minimum Gasteiger partial charge on any atom is -0.497 e. The zero-order valence-corrected chi connectivity index (χ0v) is 12.2. The molecule has 114 valence electrons. The second-order valence-electron chi connectivity index (χ2n) is 4.39. The lowest BCUT2D eigenvalue weighted by molar-refractivity contribution is 0.159. The van der Waals surface area contributed by atoms with Crippen LogP contribution in [0.5, 0.6) is 5.75 Å². The van der Waals surface area contributed by atoms with Gasteiger partial charge in [-0.3, -0.25) is 0 Å². The molecule has 0 aliphatic heterocycles. The molecule has 0 aliphatic rings. The van der Waals surface area contributed by atoms with E-state index in [1.807, 2.05) is 24.3 Å².